The predicted molar refractivity (Wildman–Crippen MR) is 138 cm³/mol. The van der Waals surface area contributed by atoms with Gasteiger partial charge in [-0.1, -0.05) is 111 Å². The molecule has 0 fully saturated rings. The van der Waals surface area contributed by atoms with Crippen LogP contribution in [0.15, 0.2) is 12.7 Å². The molecule has 0 radical (unpaired) electrons. The van der Waals surface area contributed by atoms with E-state index in [1.807, 2.05) is 6.08 Å². The van der Waals surface area contributed by atoms with Crippen LogP contribution in [0.5, 0.6) is 0 Å². The number of aliphatic hydroxyl groups is 1. The number of rotatable bonds is 20. The number of hydrogen-bond acceptors (Lipinski definition) is 2. The smallest absolute Gasteiger partial charge is 0.192 e. The normalized spacial score (nSPS) is 14.6. The van der Waals surface area contributed by atoms with Gasteiger partial charge in [0.2, 0.25) is 0 Å². The summed E-state index contributed by atoms with van der Waals surface area (Å²) in [5, 5.41) is 10.4. The molecule has 0 aromatic rings. The molecule has 2 nitrogen and oxygen atoms in total. The molecule has 0 rings (SSSR count). The van der Waals surface area contributed by atoms with Crippen molar-refractivity contribution in [3.8, 4) is 0 Å². The molecule has 0 aromatic carbocycles. The highest BCUT2D eigenvalue weighted by Gasteiger charge is 2.38. The van der Waals surface area contributed by atoms with Gasteiger partial charge < -0.3 is 9.53 Å². The minimum absolute atomic E-state index is 0.238. The van der Waals surface area contributed by atoms with E-state index in [1.54, 1.807) is 0 Å². The van der Waals surface area contributed by atoms with Crippen molar-refractivity contribution in [1.82, 2.24) is 0 Å². The van der Waals surface area contributed by atoms with Gasteiger partial charge in [-0.15, -0.1) is 6.58 Å². The molecule has 0 amide bonds. The first-order chi connectivity index (χ1) is 14.1. The van der Waals surface area contributed by atoms with Crippen molar-refractivity contribution in [2.75, 3.05) is 0 Å². The lowest BCUT2D eigenvalue weighted by molar-refractivity contribution is 0.113. The topological polar surface area (TPSA) is 29.5 Å². The molecule has 0 spiro atoms. The first-order valence-corrected chi connectivity index (χ1v) is 16.0. The molecule has 30 heavy (non-hydrogen) atoms. The molecule has 0 aliphatic heterocycles. The van der Waals surface area contributed by atoms with Crippen molar-refractivity contribution in [3.05, 3.63) is 12.7 Å². The summed E-state index contributed by atoms with van der Waals surface area (Å²) in [5.41, 5.74) is 0. The van der Waals surface area contributed by atoms with Gasteiger partial charge in [0.15, 0.2) is 8.32 Å². The van der Waals surface area contributed by atoms with Gasteiger partial charge in [0.05, 0.1) is 6.10 Å². The molecule has 180 valence electrons. The fraction of sp³-hybridized carbons (Fsp3) is 0.926. The van der Waals surface area contributed by atoms with Crippen LogP contribution in [-0.4, -0.2) is 25.6 Å². The molecule has 0 unspecified atom stereocenters. The van der Waals surface area contributed by atoms with Gasteiger partial charge >= 0.3 is 0 Å². The maximum Gasteiger partial charge on any atom is 0.192 e. The van der Waals surface area contributed by atoms with Gasteiger partial charge in [-0.2, -0.15) is 0 Å². The number of aliphatic hydroxyl groups excluding tert-OH is 1. The van der Waals surface area contributed by atoms with Crippen molar-refractivity contribution < 1.29 is 9.53 Å². The van der Waals surface area contributed by atoms with E-state index < -0.39 is 8.32 Å². The first kappa shape index (κ1) is 29.9. The van der Waals surface area contributed by atoms with E-state index in [0.717, 1.165) is 19.3 Å². The van der Waals surface area contributed by atoms with E-state index in [4.69, 9.17) is 4.43 Å². The minimum atomic E-state index is -1.76. The van der Waals surface area contributed by atoms with Crippen LogP contribution in [0.4, 0.5) is 0 Å². The summed E-state index contributed by atoms with van der Waals surface area (Å²) >= 11 is 0. The van der Waals surface area contributed by atoms with Crippen LogP contribution in [0, 0.1) is 0 Å². The molecule has 1 N–H and O–H groups in total. The number of hydrogen-bond donors (Lipinski definition) is 1. The largest absolute Gasteiger partial charge is 0.414 e. The third-order valence-electron chi connectivity index (χ3n) is 6.91. The summed E-state index contributed by atoms with van der Waals surface area (Å²) in [5.74, 6) is 0. The van der Waals surface area contributed by atoms with Crippen molar-refractivity contribution >= 4 is 8.32 Å². The highest BCUT2D eigenvalue weighted by Crippen LogP contribution is 2.38. The maximum absolute atomic E-state index is 10.1. The molecule has 0 bridgehead atoms. The minimum Gasteiger partial charge on any atom is -0.414 e. The van der Waals surface area contributed by atoms with E-state index in [0.29, 0.717) is 12.5 Å². The maximum atomic E-state index is 10.1. The second kappa shape index (κ2) is 17.4. The lowest BCUT2D eigenvalue weighted by Gasteiger charge is -2.39. The van der Waals surface area contributed by atoms with Crippen LogP contribution in [0.25, 0.3) is 0 Å². The van der Waals surface area contributed by atoms with E-state index in [9.17, 15) is 5.11 Å². The molecule has 0 aliphatic carbocycles. The average molecular weight is 441 g/mol. The zero-order valence-electron chi connectivity index (χ0n) is 21.6. The van der Waals surface area contributed by atoms with E-state index in [1.165, 1.54) is 77.0 Å². The molecule has 3 heteroatoms. The van der Waals surface area contributed by atoms with Crippen LogP contribution in [0.1, 0.15) is 130 Å². The molecule has 0 heterocycles. The van der Waals surface area contributed by atoms with Crippen LogP contribution >= 0.6 is 0 Å². The van der Waals surface area contributed by atoms with Gasteiger partial charge in [0, 0.05) is 6.10 Å². The monoisotopic (exact) mass is 440 g/mol. The van der Waals surface area contributed by atoms with Gasteiger partial charge in [0.25, 0.3) is 0 Å². The summed E-state index contributed by atoms with van der Waals surface area (Å²) in [7, 11) is -1.76. The van der Waals surface area contributed by atoms with Crippen LogP contribution in [0.2, 0.25) is 18.1 Å². The number of unbranched alkanes of at least 4 members (excludes halogenated alkanes) is 11. The highest BCUT2D eigenvalue weighted by atomic mass is 28.4. The molecule has 0 aromatic heterocycles. The lowest BCUT2D eigenvalue weighted by atomic mass is 10.0. The Kier molecular flexibility index (Phi) is 17.4. The van der Waals surface area contributed by atoms with Crippen molar-refractivity contribution in [1.29, 1.82) is 0 Å². The Bertz CT molecular complexity index is 400. The Morgan fingerprint density at radius 1 is 0.800 bits per heavy atom. The predicted octanol–water partition coefficient (Wildman–Crippen LogP) is 9.19. The fourth-order valence-corrected chi connectivity index (χ4v) is 5.18. The van der Waals surface area contributed by atoms with Gasteiger partial charge in [-0.05, 0) is 43.8 Å². The molecule has 0 saturated heterocycles. The quantitative estimate of drug-likeness (QED) is 0.116. The van der Waals surface area contributed by atoms with Crippen LogP contribution in [-0.2, 0) is 4.43 Å². The Labute approximate surface area is 191 Å². The first-order valence-electron chi connectivity index (χ1n) is 13.1. The van der Waals surface area contributed by atoms with Crippen LogP contribution < -0.4 is 0 Å². The summed E-state index contributed by atoms with van der Waals surface area (Å²) in [6.07, 6.45) is 22.1. The van der Waals surface area contributed by atoms with Crippen molar-refractivity contribution in [2.45, 2.75) is 161 Å². The summed E-state index contributed by atoms with van der Waals surface area (Å²) in [6.45, 7) is 17.7. The van der Waals surface area contributed by atoms with E-state index in [2.05, 4.69) is 47.4 Å². The zero-order valence-corrected chi connectivity index (χ0v) is 22.6. The Morgan fingerprint density at radius 2 is 1.27 bits per heavy atom. The highest BCUT2D eigenvalue weighted by molar-refractivity contribution is 6.74. The van der Waals surface area contributed by atoms with Gasteiger partial charge in [-0.3, -0.25) is 0 Å². The van der Waals surface area contributed by atoms with Gasteiger partial charge in [-0.25, -0.2) is 0 Å². The molecular formula is C27H56O2Si. The van der Waals surface area contributed by atoms with E-state index in [-0.39, 0.29) is 11.1 Å². The van der Waals surface area contributed by atoms with Gasteiger partial charge in [0.1, 0.15) is 0 Å². The molecule has 0 saturated carbocycles. The zero-order chi connectivity index (χ0) is 22.9. The Hall–Kier alpha value is -0.123. The van der Waals surface area contributed by atoms with Crippen molar-refractivity contribution in [2.24, 2.45) is 0 Å². The summed E-state index contributed by atoms with van der Waals surface area (Å²) in [4.78, 5) is 0. The SMILES string of the molecule is C=CC[C@@H](O)CC[C@H](CCCCCCCCCCCCCC)O[Si](C)(C)C(C)(C)C. The molecule has 0 aliphatic rings. The van der Waals surface area contributed by atoms with E-state index >= 15 is 0 Å². The summed E-state index contributed by atoms with van der Waals surface area (Å²) in [6, 6.07) is 0. The Morgan fingerprint density at radius 3 is 1.70 bits per heavy atom. The molecular weight excluding hydrogens is 384 g/mol. The average Bonchev–Trinajstić information content (AvgIpc) is 2.66. The Balaban J connectivity index is 4.10. The molecule has 2 atom stereocenters. The van der Waals surface area contributed by atoms with Crippen molar-refractivity contribution in [3.63, 3.8) is 0 Å². The summed E-state index contributed by atoms with van der Waals surface area (Å²) < 4.78 is 6.73. The second-order valence-electron chi connectivity index (χ2n) is 10.9. The third kappa shape index (κ3) is 15.6. The fourth-order valence-electron chi connectivity index (χ4n) is 3.76. The third-order valence-corrected chi connectivity index (χ3v) is 11.4. The standard InChI is InChI=1S/C27H56O2Si/c1-8-10-11-12-13-14-15-16-17-18-19-20-22-26(24-23-25(28)21-9-2)29-30(6,7)27(3,4)5/h9,25-26,28H,2,8,10-24H2,1,3-7H3/t25-,26+/m1/s1. The lowest BCUT2D eigenvalue weighted by Crippen LogP contribution is -2.44. The van der Waals surface area contributed by atoms with Crippen LogP contribution in [0.3, 0.4) is 0 Å². The second-order valence-corrected chi connectivity index (χ2v) is 15.7.